The zero-order chi connectivity index (χ0) is 18.0. The summed E-state index contributed by atoms with van der Waals surface area (Å²) < 4.78 is 0. The van der Waals surface area contributed by atoms with Gasteiger partial charge in [0, 0.05) is 29.9 Å². The first-order valence-electron chi connectivity index (χ1n) is 8.37. The number of carbonyl (C=O) groups excluding carboxylic acids is 2. The first-order valence-corrected chi connectivity index (χ1v) is 9.19. The van der Waals surface area contributed by atoms with Crippen LogP contribution in [0.2, 0.25) is 0 Å². The van der Waals surface area contributed by atoms with Crippen molar-refractivity contribution < 1.29 is 9.59 Å². The number of anilines is 2. The molecule has 1 atom stereocenters. The average molecular weight is 358 g/mol. The molecule has 0 saturated carbocycles. The van der Waals surface area contributed by atoms with Gasteiger partial charge in [-0.3, -0.25) is 9.69 Å². The van der Waals surface area contributed by atoms with Crippen LogP contribution in [-0.4, -0.2) is 30.0 Å². The quantitative estimate of drug-likeness (QED) is 0.858. The van der Waals surface area contributed by atoms with Gasteiger partial charge in [-0.2, -0.15) is 0 Å². The zero-order valence-electron chi connectivity index (χ0n) is 14.6. The molecule has 2 heterocycles. The summed E-state index contributed by atoms with van der Waals surface area (Å²) in [5.41, 5.74) is 1.74. The summed E-state index contributed by atoms with van der Waals surface area (Å²) in [6.07, 6.45) is 1.81. The molecule has 0 unspecified atom stereocenters. The number of hydrogen-bond donors (Lipinski definition) is 2. The first kappa shape index (κ1) is 17.4. The Morgan fingerprint density at radius 1 is 1.28 bits per heavy atom. The number of nitrogens with zero attached hydrogens (tertiary/aromatic N) is 2. The van der Waals surface area contributed by atoms with Crippen molar-refractivity contribution in [1.82, 2.24) is 10.3 Å². The SMILES string of the molecule is CC(C)c1cnc(NC(=O)[C@@H](C)c2ccc(N3CCNC3=O)cc2)s1. The molecule has 0 radical (unpaired) electrons. The summed E-state index contributed by atoms with van der Waals surface area (Å²) in [6, 6.07) is 7.47. The zero-order valence-corrected chi connectivity index (χ0v) is 15.4. The summed E-state index contributed by atoms with van der Waals surface area (Å²) in [5.74, 6) is 0.0140. The Balaban J connectivity index is 1.66. The summed E-state index contributed by atoms with van der Waals surface area (Å²) >= 11 is 1.51. The fourth-order valence-corrected chi connectivity index (χ4v) is 3.46. The van der Waals surface area contributed by atoms with Crippen LogP contribution in [0.25, 0.3) is 0 Å². The molecule has 25 heavy (non-hydrogen) atoms. The van der Waals surface area contributed by atoms with E-state index >= 15 is 0 Å². The second-order valence-corrected chi connectivity index (χ2v) is 7.47. The molecular formula is C18H22N4O2S. The van der Waals surface area contributed by atoms with Gasteiger partial charge in [-0.1, -0.05) is 26.0 Å². The van der Waals surface area contributed by atoms with E-state index in [0.29, 0.717) is 24.1 Å². The van der Waals surface area contributed by atoms with Gasteiger partial charge in [-0.15, -0.1) is 11.3 Å². The van der Waals surface area contributed by atoms with E-state index in [2.05, 4.69) is 29.5 Å². The Labute approximate surface area is 151 Å². The van der Waals surface area contributed by atoms with Gasteiger partial charge in [0.05, 0.1) is 5.92 Å². The fraction of sp³-hybridized carbons (Fsp3) is 0.389. The molecule has 6 nitrogen and oxygen atoms in total. The lowest BCUT2D eigenvalue weighted by molar-refractivity contribution is -0.117. The number of aromatic nitrogens is 1. The Morgan fingerprint density at radius 2 is 2.00 bits per heavy atom. The molecule has 3 rings (SSSR count). The molecule has 1 fully saturated rings. The molecule has 1 aromatic carbocycles. The van der Waals surface area contributed by atoms with E-state index < -0.39 is 0 Å². The van der Waals surface area contributed by atoms with Crippen LogP contribution >= 0.6 is 11.3 Å². The van der Waals surface area contributed by atoms with Gasteiger partial charge < -0.3 is 10.6 Å². The second kappa shape index (κ2) is 7.23. The number of rotatable bonds is 5. The third kappa shape index (κ3) is 3.82. The average Bonchev–Trinajstić information content (AvgIpc) is 3.23. The van der Waals surface area contributed by atoms with Gasteiger partial charge >= 0.3 is 6.03 Å². The van der Waals surface area contributed by atoms with E-state index in [1.54, 1.807) is 4.90 Å². The maximum atomic E-state index is 12.5. The number of nitrogens with one attached hydrogen (secondary N) is 2. The van der Waals surface area contributed by atoms with Gasteiger partial charge in [0.1, 0.15) is 0 Å². The molecule has 0 aliphatic carbocycles. The lowest BCUT2D eigenvalue weighted by Gasteiger charge is -2.16. The summed E-state index contributed by atoms with van der Waals surface area (Å²) in [5, 5.41) is 6.29. The number of amides is 3. The summed E-state index contributed by atoms with van der Waals surface area (Å²) in [7, 11) is 0. The first-order chi connectivity index (χ1) is 12.0. The van der Waals surface area contributed by atoms with Gasteiger partial charge in [-0.05, 0) is 30.5 Å². The second-order valence-electron chi connectivity index (χ2n) is 6.41. The molecular weight excluding hydrogens is 336 g/mol. The van der Waals surface area contributed by atoms with E-state index in [-0.39, 0.29) is 17.9 Å². The van der Waals surface area contributed by atoms with Crippen LogP contribution in [0.1, 0.15) is 43.0 Å². The van der Waals surface area contributed by atoms with Crippen molar-refractivity contribution in [3.63, 3.8) is 0 Å². The molecule has 0 spiro atoms. The predicted molar refractivity (Wildman–Crippen MR) is 100 cm³/mol. The van der Waals surface area contributed by atoms with Crippen LogP contribution in [0, 0.1) is 0 Å². The minimum Gasteiger partial charge on any atom is -0.336 e. The number of urea groups is 1. The largest absolute Gasteiger partial charge is 0.336 e. The fourth-order valence-electron chi connectivity index (χ4n) is 2.64. The highest BCUT2D eigenvalue weighted by atomic mass is 32.1. The standard InChI is InChI=1S/C18H22N4O2S/c1-11(2)15-10-20-17(25-15)21-16(23)12(3)13-4-6-14(7-5-13)22-9-8-19-18(22)24/h4-7,10-12H,8-9H2,1-3H3,(H,19,24)(H,20,21,23)/t12-/m0/s1. The Hall–Kier alpha value is -2.41. The summed E-state index contributed by atoms with van der Waals surface area (Å²) in [6.45, 7) is 7.39. The van der Waals surface area contributed by atoms with Crippen LogP contribution in [0.4, 0.5) is 15.6 Å². The normalized spacial score (nSPS) is 15.4. The smallest absolute Gasteiger partial charge is 0.321 e. The van der Waals surface area contributed by atoms with Crippen molar-refractivity contribution in [2.24, 2.45) is 0 Å². The molecule has 0 bridgehead atoms. The highest BCUT2D eigenvalue weighted by molar-refractivity contribution is 7.15. The molecule has 1 aromatic heterocycles. The highest BCUT2D eigenvalue weighted by Crippen LogP contribution is 2.27. The van der Waals surface area contributed by atoms with E-state index in [0.717, 1.165) is 16.1 Å². The van der Waals surface area contributed by atoms with Crippen molar-refractivity contribution in [1.29, 1.82) is 0 Å². The Morgan fingerprint density at radius 3 is 2.56 bits per heavy atom. The van der Waals surface area contributed by atoms with Crippen molar-refractivity contribution in [3.8, 4) is 0 Å². The van der Waals surface area contributed by atoms with Crippen LogP contribution < -0.4 is 15.5 Å². The van der Waals surface area contributed by atoms with E-state index in [1.165, 1.54) is 11.3 Å². The lowest BCUT2D eigenvalue weighted by atomic mass is 10.00. The summed E-state index contributed by atoms with van der Waals surface area (Å²) in [4.78, 5) is 31.3. The maximum absolute atomic E-state index is 12.5. The number of hydrogen-bond acceptors (Lipinski definition) is 4. The van der Waals surface area contributed by atoms with Gasteiger partial charge in [0.2, 0.25) is 5.91 Å². The van der Waals surface area contributed by atoms with Crippen molar-refractivity contribution in [3.05, 3.63) is 40.9 Å². The highest BCUT2D eigenvalue weighted by Gasteiger charge is 2.22. The number of thiazole rings is 1. The van der Waals surface area contributed by atoms with Crippen molar-refractivity contribution in [2.75, 3.05) is 23.3 Å². The van der Waals surface area contributed by atoms with Crippen LogP contribution in [0.5, 0.6) is 0 Å². The molecule has 1 saturated heterocycles. The van der Waals surface area contributed by atoms with Gasteiger partial charge in [-0.25, -0.2) is 9.78 Å². The van der Waals surface area contributed by atoms with Gasteiger partial charge in [0.15, 0.2) is 5.13 Å². The van der Waals surface area contributed by atoms with E-state index in [4.69, 9.17) is 0 Å². The van der Waals surface area contributed by atoms with Crippen LogP contribution in [0.3, 0.4) is 0 Å². The molecule has 1 aliphatic rings. The van der Waals surface area contributed by atoms with E-state index in [1.807, 2.05) is 37.4 Å². The topological polar surface area (TPSA) is 74.3 Å². The van der Waals surface area contributed by atoms with Crippen LogP contribution in [0.15, 0.2) is 30.5 Å². The van der Waals surface area contributed by atoms with Crippen molar-refractivity contribution >= 4 is 34.1 Å². The molecule has 7 heteroatoms. The Kier molecular flexibility index (Phi) is 5.03. The third-order valence-corrected chi connectivity index (χ3v) is 5.49. The molecule has 2 N–H and O–H groups in total. The molecule has 3 amide bonds. The Bertz CT molecular complexity index is 770. The maximum Gasteiger partial charge on any atom is 0.321 e. The van der Waals surface area contributed by atoms with Crippen molar-refractivity contribution in [2.45, 2.75) is 32.6 Å². The van der Waals surface area contributed by atoms with Gasteiger partial charge in [0.25, 0.3) is 0 Å². The third-order valence-electron chi connectivity index (χ3n) is 4.28. The number of carbonyl (C=O) groups is 2. The molecule has 1 aliphatic heterocycles. The molecule has 2 aromatic rings. The predicted octanol–water partition coefficient (Wildman–Crippen LogP) is 3.54. The lowest BCUT2D eigenvalue weighted by Crippen LogP contribution is -2.27. The minimum absolute atomic E-state index is 0.0803. The van der Waals surface area contributed by atoms with E-state index in [9.17, 15) is 9.59 Å². The number of benzene rings is 1. The minimum atomic E-state index is -0.298. The van der Waals surface area contributed by atoms with Crippen LogP contribution in [-0.2, 0) is 4.79 Å². The monoisotopic (exact) mass is 358 g/mol. The molecule has 132 valence electrons.